The minimum atomic E-state index is -0.943. The van der Waals surface area contributed by atoms with Crippen LogP contribution in [0.15, 0.2) is 41.3 Å². The van der Waals surface area contributed by atoms with E-state index in [1.807, 2.05) is 24.3 Å². The van der Waals surface area contributed by atoms with Crippen molar-refractivity contribution in [1.82, 2.24) is 24.3 Å². The molecule has 2 aromatic rings. The maximum absolute atomic E-state index is 12.6. The average Bonchev–Trinajstić information content (AvgIpc) is 2.81. The third-order valence-electron chi connectivity index (χ3n) is 6.36. The third kappa shape index (κ3) is 6.05. The molecule has 2 aliphatic heterocycles. The molecule has 2 fully saturated rings. The fourth-order valence-corrected chi connectivity index (χ4v) is 4.28. The Labute approximate surface area is 204 Å². The second-order valence-electron chi connectivity index (χ2n) is 9.83. The molecule has 0 spiro atoms. The van der Waals surface area contributed by atoms with Crippen molar-refractivity contribution in [1.29, 1.82) is 0 Å². The number of carbonyl (C=O) groups is 2. The largest absolute Gasteiger partial charge is 0.354 e. The number of urea groups is 1. The van der Waals surface area contributed by atoms with Gasteiger partial charge in [0.05, 0.1) is 11.2 Å². The molecule has 0 aliphatic carbocycles. The van der Waals surface area contributed by atoms with Crippen LogP contribution in [0.2, 0.25) is 0 Å². The predicted molar refractivity (Wildman–Crippen MR) is 133 cm³/mol. The average molecular weight is 483 g/mol. The Morgan fingerprint density at radius 2 is 1.69 bits per heavy atom. The Morgan fingerprint density at radius 1 is 1.06 bits per heavy atom. The van der Waals surface area contributed by atoms with Crippen LogP contribution in [0.3, 0.4) is 0 Å². The number of benzene rings is 1. The second kappa shape index (κ2) is 10.1. The van der Waals surface area contributed by atoms with Gasteiger partial charge in [-0.2, -0.15) is 4.98 Å². The van der Waals surface area contributed by atoms with Crippen molar-refractivity contribution < 1.29 is 9.59 Å². The van der Waals surface area contributed by atoms with Gasteiger partial charge in [0, 0.05) is 58.1 Å². The molecule has 3 amide bonds. The molecular formula is C24H34N8O3. The minimum absolute atomic E-state index is 0.142. The van der Waals surface area contributed by atoms with E-state index in [-0.39, 0.29) is 17.8 Å². The molecule has 1 aromatic heterocycles. The first-order valence-corrected chi connectivity index (χ1v) is 11.9. The van der Waals surface area contributed by atoms with Crippen molar-refractivity contribution >= 4 is 17.8 Å². The van der Waals surface area contributed by atoms with Gasteiger partial charge >= 0.3 is 11.7 Å². The molecule has 11 nitrogen and oxygen atoms in total. The lowest BCUT2D eigenvalue weighted by Crippen LogP contribution is -2.58. The Morgan fingerprint density at radius 3 is 2.26 bits per heavy atom. The van der Waals surface area contributed by atoms with E-state index in [1.165, 1.54) is 10.1 Å². The number of carbonyl (C=O) groups excluding carboxylic acids is 2. The highest BCUT2D eigenvalue weighted by atomic mass is 16.2. The Bertz CT molecular complexity index is 1110. The van der Waals surface area contributed by atoms with Crippen LogP contribution in [-0.4, -0.2) is 93.6 Å². The Hall–Kier alpha value is -3.28. The van der Waals surface area contributed by atoms with Gasteiger partial charge in [0.1, 0.15) is 5.82 Å². The molecule has 11 heteroatoms. The van der Waals surface area contributed by atoms with E-state index in [9.17, 15) is 14.4 Å². The second-order valence-corrected chi connectivity index (χ2v) is 9.83. The number of hydrogen-bond donors (Lipinski definition) is 3. The molecule has 2 saturated heterocycles. The number of anilines is 1. The van der Waals surface area contributed by atoms with Crippen LogP contribution in [0.5, 0.6) is 0 Å². The molecule has 0 radical (unpaired) electrons. The van der Waals surface area contributed by atoms with Crippen LogP contribution < -0.4 is 22.5 Å². The van der Waals surface area contributed by atoms with Crippen LogP contribution in [0, 0.1) is 0 Å². The molecule has 0 unspecified atom stereocenters. The van der Waals surface area contributed by atoms with Gasteiger partial charge in [-0.15, -0.1) is 0 Å². The summed E-state index contributed by atoms with van der Waals surface area (Å²) >= 11 is 0. The number of aromatic nitrogens is 2. The van der Waals surface area contributed by atoms with E-state index >= 15 is 0 Å². The summed E-state index contributed by atoms with van der Waals surface area (Å²) in [5, 5.41) is 2.68. The normalized spacial score (nSPS) is 17.3. The summed E-state index contributed by atoms with van der Waals surface area (Å²) in [7, 11) is 0. The number of likely N-dealkylation sites (tertiary alicyclic amines) is 1. The summed E-state index contributed by atoms with van der Waals surface area (Å²) in [6, 6.07) is 9.33. The quantitative estimate of drug-likeness (QED) is 0.519. The number of nitrogens with one attached hydrogen (secondary N) is 1. The first-order valence-electron chi connectivity index (χ1n) is 11.9. The molecule has 5 N–H and O–H groups in total. The van der Waals surface area contributed by atoms with Gasteiger partial charge in [-0.3, -0.25) is 19.6 Å². The number of piperazine rings is 1. The predicted octanol–water partition coefficient (Wildman–Crippen LogP) is -0.169. The molecule has 1 aromatic carbocycles. The van der Waals surface area contributed by atoms with E-state index < -0.39 is 11.2 Å². The van der Waals surface area contributed by atoms with Crippen LogP contribution in [0.1, 0.15) is 19.4 Å². The first-order chi connectivity index (χ1) is 16.6. The van der Waals surface area contributed by atoms with Gasteiger partial charge in [-0.25, -0.2) is 9.59 Å². The maximum Gasteiger partial charge on any atom is 0.354 e. The highest BCUT2D eigenvalue weighted by Crippen LogP contribution is 2.13. The lowest BCUT2D eigenvalue weighted by molar-refractivity contribution is -0.137. The highest BCUT2D eigenvalue weighted by molar-refractivity contribution is 5.89. The van der Waals surface area contributed by atoms with Gasteiger partial charge in [0.2, 0.25) is 5.91 Å². The van der Waals surface area contributed by atoms with Crippen molar-refractivity contribution in [3.05, 3.63) is 52.6 Å². The van der Waals surface area contributed by atoms with Crippen molar-refractivity contribution in [2.24, 2.45) is 11.5 Å². The van der Waals surface area contributed by atoms with Gasteiger partial charge in [-0.05, 0) is 44.0 Å². The van der Waals surface area contributed by atoms with Crippen LogP contribution >= 0.6 is 0 Å². The SMILES string of the molecule is CC(C)(N)C(=O)N1CCN(C(=O)Nc2ccn(-c3ccc(CCN4CC(N)C4)cc3)c(=O)n2)CC1. The zero-order valence-corrected chi connectivity index (χ0v) is 20.3. The summed E-state index contributed by atoms with van der Waals surface area (Å²) in [5.74, 6) is 0.0407. The van der Waals surface area contributed by atoms with Crippen LogP contribution in [-0.2, 0) is 11.2 Å². The standard InChI is InChI=1S/C24H34N8O3/c1-24(2,26)21(33)30-11-13-31(14-12-30)22(34)27-20-8-10-32(23(35)28-20)19-5-3-17(4-6-19)7-9-29-15-18(25)16-29/h3-6,8,10,18H,7,9,11-16,25-26H2,1-2H3,(H,27,28,34,35). The molecular weight excluding hydrogens is 448 g/mol. The lowest BCUT2D eigenvalue weighted by Gasteiger charge is -2.37. The topological polar surface area (TPSA) is 143 Å². The van der Waals surface area contributed by atoms with E-state index in [0.717, 1.165) is 26.1 Å². The van der Waals surface area contributed by atoms with E-state index in [2.05, 4.69) is 15.2 Å². The summed E-state index contributed by atoms with van der Waals surface area (Å²) in [6.45, 7) is 7.77. The molecule has 35 heavy (non-hydrogen) atoms. The number of rotatable bonds is 6. The van der Waals surface area contributed by atoms with Gasteiger partial charge in [0.15, 0.2) is 0 Å². The van der Waals surface area contributed by atoms with Crippen LogP contribution in [0.25, 0.3) is 5.69 Å². The number of hydrogen-bond acceptors (Lipinski definition) is 7. The highest BCUT2D eigenvalue weighted by Gasteiger charge is 2.31. The number of amides is 3. The molecule has 3 heterocycles. The molecule has 188 valence electrons. The van der Waals surface area contributed by atoms with Gasteiger partial charge in [-0.1, -0.05) is 12.1 Å². The van der Waals surface area contributed by atoms with Gasteiger partial charge in [0.25, 0.3) is 0 Å². The third-order valence-corrected chi connectivity index (χ3v) is 6.36. The van der Waals surface area contributed by atoms with Crippen LogP contribution in [0.4, 0.5) is 10.6 Å². The monoisotopic (exact) mass is 482 g/mol. The fraction of sp³-hybridized carbons (Fsp3) is 0.500. The summed E-state index contributed by atoms with van der Waals surface area (Å²) in [5.41, 5.74) is 12.2. The Balaban J connectivity index is 1.31. The van der Waals surface area contributed by atoms with Crippen molar-refractivity contribution in [3.8, 4) is 5.69 Å². The number of nitrogens with zero attached hydrogens (tertiary/aromatic N) is 5. The molecule has 0 bridgehead atoms. The van der Waals surface area contributed by atoms with Crippen molar-refractivity contribution in [2.45, 2.75) is 31.8 Å². The maximum atomic E-state index is 12.6. The lowest BCUT2D eigenvalue weighted by atomic mass is 10.1. The Kier molecular flexibility index (Phi) is 7.20. The smallest absolute Gasteiger partial charge is 0.338 e. The first kappa shape index (κ1) is 24.8. The van der Waals surface area contributed by atoms with Crippen molar-refractivity contribution in [2.75, 3.05) is 51.1 Å². The molecule has 2 aliphatic rings. The minimum Gasteiger partial charge on any atom is -0.338 e. The summed E-state index contributed by atoms with van der Waals surface area (Å²) in [6.07, 6.45) is 2.53. The summed E-state index contributed by atoms with van der Waals surface area (Å²) < 4.78 is 1.44. The molecule has 4 rings (SSSR count). The molecule has 0 atom stereocenters. The fourth-order valence-electron chi connectivity index (χ4n) is 4.28. The van der Waals surface area contributed by atoms with E-state index in [1.54, 1.807) is 35.9 Å². The zero-order valence-electron chi connectivity index (χ0n) is 20.3. The van der Waals surface area contributed by atoms with Gasteiger partial charge < -0.3 is 21.3 Å². The number of nitrogens with two attached hydrogens (primary N) is 2. The van der Waals surface area contributed by atoms with E-state index in [4.69, 9.17) is 11.5 Å². The summed E-state index contributed by atoms with van der Waals surface area (Å²) in [4.78, 5) is 47.1. The van der Waals surface area contributed by atoms with E-state index in [0.29, 0.717) is 37.9 Å². The van der Waals surface area contributed by atoms with Crippen molar-refractivity contribution in [3.63, 3.8) is 0 Å². The zero-order chi connectivity index (χ0) is 25.2. The molecule has 0 saturated carbocycles.